The van der Waals surface area contributed by atoms with Crippen molar-refractivity contribution >= 4 is 0 Å². The molecule has 0 aliphatic rings. The van der Waals surface area contributed by atoms with Crippen LogP contribution >= 0.6 is 0 Å². The summed E-state index contributed by atoms with van der Waals surface area (Å²) in [5.41, 5.74) is 2.96. The molecule has 0 unspecified atom stereocenters. The summed E-state index contributed by atoms with van der Waals surface area (Å²) in [5.74, 6) is 0. The van der Waals surface area contributed by atoms with E-state index in [0.29, 0.717) is 0 Å². The molecule has 0 aromatic rings. The molecule has 4 heteroatoms. The van der Waals surface area contributed by atoms with Crippen LogP contribution in [0.1, 0.15) is 0 Å². The molecule has 2 nitrogen and oxygen atoms in total. The van der Waals surface area contributed by atoms with Crippen LogP contribution in [-0.2, 0) is 0 Å². The maximum absolute atomic E-state index is 11.2. The first-order valence-electron chi connectivity index (χ1n) is 1.90. The molecule has 0 rings (SSSR count). The normalized spacial score (nSPS) is 15.0. The summed E-state index contributed by atoms with van der Waals surface area (Å²) in [6, 6.07) is -1.13. The fourth-order valence-electron chi connectivity index (χ4n) is 0.0797. The Kier molecular flexibility index (Phi) is 2.78. The molecule has 0 saturated carbocycles. The standard InChI is InChI=1S/C3H7F2NO/c4-3(5)2(6)1-7/h2-3,7H,1,6H2/p+1/t2-/m0/s1. The zero-order valence-corrected chi connectivity index (χ0v) is 3.77. The second kappa shape index (κ2) is 2.87. The number of hydrogen-bond acceptors (Lipinski definition) is 1. The smallest absolute Gasteiger partial charge is 0.291 e. The van der Waals surface area contributed by atoms with Gasteiger partial charge in [0.05, 0.1) is 0 Å². The lowest BCUT2D eigenvalue weighted by atomic mass is 10.4. The fourth-order valence-corrected chi connectivity index (χ4v) is 0.0797. The molecular formula is C3H8F2NO+. The van der Waals surface area contributed by atoms with E-state index in [9.17, 15) is 8.78 Å². The van der Waals surface area contributed by atoms with Crippen LogP contribution in [0, 0.1) is 0 Å². The Labute approximate surface area is 39.9 Å². The van der Waals surface area contributed by atoms with Gasteiger partial charge in [-0.25, -0.2) is 8.78 Å². The second-order valence-electron chi connectivity index (χ2n) is 1.28. The third kappa shape index (κ3) is 2.47. The van der Waals surface area contributed by atoms with Gasteiger partial charge in [-0.2, -0.15) is 0 Å². The molecule has 0 saturated heterocycles. The van der Waals surface area contributed by atoms with E-state index in [1.54, 1.807) is 0 Å². The first-order chi connectivity index (χ1) is 3.18. The van der Waals surface area contributed by atoms with E-state index in [1.165, 1.54) is 0 Å². The lowest BCUT2D eigenvalue weighted by Crippen LogP contribution is -2.66. The quantitative estimate of drug-likeness (QED) is 0.465. The third-order valence-corrected chi connectivity index (χ3v) is 0.591. The molecule has 0 amide bonds. The number of aliphatic hydroxyl groups is 1. The van der Waals surface area contributed by atoms with Crippen LogP contribution in [0.4, 0.5) is 8.78 Å². The van der Waals surface area contributed by atoms with Crippen molar-refractivity contribution in [3.63, 3.8) is 0 Å². The van der Waals surface area contributed by atoms with Gasteiger partial charge in [0, 0.05) is 0 Å². The topological polar surface area (TPSA) is 47.9 Å². The number of hydrogen-bond donors (Lipinski definition) is 2. The summed E-state index contributed by atoms with van der Waals surface area (Å²) in [6.07, 6.45) is -2.50. The minimum atomic E-state index is -2.50. The highest BCUT2D eigenvalue weighted by Crippen LogP contribution is 1.92. The van der Waals surface area contributed by atoms with Crippen molar-refractivity contribution in [3.05, 3.63) is 0 Å². The third-order valence-electron chi connectivity index (χ3n) is 0.591. The molecule has 0 aliphatic heterocycles. The Morgan fingerprint density at radius 1 is 1.57 bits per heavy atom. The Morgan fingerprint density at radius 3 is 2.00 bits per heavy atom. The lowest BCUT2D eigenvalue weighted by Gasteiger charge is -1.99. The summed E-state index contributed by atoms with van der Waals surface area (Å²) in [7, 11) is 0. The largest absolute Gasteiger partial charge is 0.390 e. The summed E-state index contributed by atoms with van der Waals surface area (Å²) < 4.78 is 22.4. The number of halogens is 2. The molecule has 0 aliphatic carbocycles. The minimum Gasteiger partial charge on any atom is -0.390 e. The molecule has 7 heavy (non-hydrogen) atoms. The average molecular weight is 112 g/mol. The monoisotopic (exact) mass is 112 g/mol. The molecule has 0 aromatic carbocycles. The van der Waals surface area contributed by atoms with Crippen molar-refractivity contribution in [3.8, 4) is 0 Å². The van der Waals surface area contributed by atoms with Gasteiger partial charge < -0.3 is 10.8 Å². The van der Waals surface area contributed by atoms with Crippen LogP contribution in [0.2, 0.25) is 0 Å². The molecule has 0 bridgehead atoms. The SMILES string of the molecule is [NH3+][C@@H](CO)C(F)F. The number of alkyl halides is 2. The summed E-state index contributed by atoms with van der Waals surface area (Å²) >= 11 is 0. The van der Waals surface area contributed by atoms with Gasteiger partial charge in [0.25, 0.3) is 6.43 Å². The van der Waals surface area contributed by atoms with Crippen molar-refractivity contribution in [1.82, 2.24) is 0 Å². The molecule has 44 valence electrons. The van der Waals surface area contributed by atoms with Crippen LogP contribution in [0.15, 0.2) is 0 Å². The average Bonchev–Trinajstić information content (AvgIpc) is 1.65. The first kappa shape index (κ1) is 6.78. The maximum Gasteiger partial charge on any atom is 0.291 e. The van der Waals surface area contributed by atoms with Crippen LogP contribution in [-0.4, -0.2) is 24.2 Å². The Morgan fingerprint density at radius 2 is 2.00 bits per heavy atom. The van der Waals surface area contributed by atoms with Gasteiger partial charge in [0.2, 0.25) is 0 Å². The number of aliphatic hydroxyl groups excluding tert-OH is 1. The highest BCUT2D eigenvalue weighted by molar-refractivity contribution is 4.49. The molecule has 0 radical (unpaired) electrons. The van der Waals surface area contributed by atoms with Gasteiger partial charge >= 0.3 is 0 Å². The van der Waals surface area contributed by atoms with E-state index in [2.05, 4.69) is 5.73 Å². The molecule has 0 heterocycles. The van der Waals surface area contributed by atoms with E-state index in [0.717, 1.165) is 0 Å². The van der Waals surface area contributed by atoms with E-state index >= 15 is 0 Å². The maximum atomic E-state index is 11.2. The van der Waals surface area contributed by atoms with Gasteiger partial charge in [0.15, 0.2) is 6.04 Å². The van der Waals surface area contributed by atoms with Gasteiger partial charge in [-0.15, -0.1) is 0 Å². The van der Waals surface area contributed by atoms with Crippen LogP contribution in [0.25, 0.3) is 0 Å². The zero-order valence-electron chi connectivity index (χ0n) is 3.77. The van der Waals surface area contributed by atoms with Crippen molar-refractivity contribution < 1.29 is 19.6 Å². The molecular weight excluding hydrogens is 104 g/mol. The van der Waals surface area contributed by atoms with E-state index in [1.807, 2.05) is 0 Å². The van der Waals surface area contributed by atoms with Gasteiger partial charge in [-0.3, -0.25) is 0 Å². The van der Waals surface area contributed by atoms with Crippen LogP contribution in [0.3, 0.4) is 0 Å². The Hall–Kier alpha value is -0.220. The summed E-state index contributed by atoms with van der Waals surface area (Å²) in [5, 5.41) is 7.96. The molecule has 0 fully saturated rings. The molecule has 0 spiro atoms. The highest BCUT2D eigenvalue weighted by atomic mass is 19.3. The molecule has 4 N–H and O–H groups in total. The minimum absolute atomic E-state index is 0.544. The number of quaternary nitrogens is 1. The predicted octanol–water partition coefficient (Wildman–Crippen LogP) is -1.15. The lowest BCUT2D eigenvalue weighted by molar-refractivity contribution is -0.447. The van der Waals surface area contributed by atoms with Crippen molar-refractivity contribution in [1.29, 1.82) is 0 Å². The van der Waals surface area contributed by atoms with Crippen LogP contribution in [0.5, 0.6) is 0 Å². The summed E-state index contributed by atoms with van der Waals surface area (Å²) in [6.45, 7) is -0.544. The van der Waals surface area contributed by atoms with Crippen molar-refractivity contribution in [2.75, 3.05) is 6.61 Å². The van der Waals surface area contributed by atoms with Crippen molar-refractivity contribution in [2.24, 2.45) is 0 Å². The Balaban J connectivity index is 3.14. The van der Waals surface area contributed by atoms with Gasteiger partial charge in [-0.1, -0.05) is 0 Å². The van der Waals surface area contributed by atoms with Crippen molar-refractivity contribution in [2.45, 2.75) is 12.5 Å². The zero-order chi connectivity index (χ0) is 5.86. The van der Waals surface area contributed by atoms with Crippen LogP contribution < -0.4 is 5.73 Å². The predicted molar refractivity (Wildman–Crippen MR) is 19.8 cm³/mol. The molecule has 0 aromatic heterocycles. The fraction of sp³-hybridized carbons (Fsp3) is 1.00. The first-order valence-corrected chi connectivity index (χ1v) is 1.90. The second-order valence-corrected chi connectivity index (χ2v) is 1.28. The van der Waals surface area contributed by atoms with E-state index in [-0.39, 0.29) is 0 Å². The molecule has 1 atom stereocenters. The van der Waals surface area contributed by atoms with Gasteiger partial charge in [-0.05, 0) is 0 Å². The number of rotatable bonds is 2. The van der Waals surface area contributed by atoms with Gasteiger partial charge in [0.1, 0.15) is 6.61 Å². The van der Waals surface area contributed by atoms with E-state index in [4.69, 9.17) is 5.11 Å². The Bertz CT molecular complexity index is 50.2. The summed E-state index contributed by atoms with van der Waals surface area (Å²) in [4.78, 5) is 0. The highest BCUT2D eigenvalue weighted by Gasteiger charge is 2.16. The van der Waals surface area contributed by atoms with E-state index < -0.39 is 19.1 Å².